The molecule has 1 aromatic heterocycles. The summed E-state index contributed by atoms with van der Waals surface area (Å²) in [5.74, 6) is -1.34. The second-order valence-electron chi connectivity index (χ2n) is 4.55. The average molecular weight is 287 g/mol. The molecule has 3 nitrogen and oxygen atoms in total. The van der Waals surface area contributed by atoms with Crippen molar-refractivity contribution in [2.45, 2.75) is 0 Å². The number of ether oxygens (including phenoxy) is 1. The average Bonchev–Trinajstić information content (AvgIpc) is 2.84. The number of benzene rings is 2. The number of halogens is 2. The Morgan fingerprint density at radius 1 is 1.10 bits per heavy atom. The highest BCUT2D eigenvalue weighted by Gasteiger charge is 2.13. The lowest BCUT2D eigenvalue weighted by atomic mass is 10.1. The molecule has 0 saturated carbocycles. The second kappa shape index (κ2) is 5.01. The maximum absolute atomic E-state index is 14.1. The number of hydrogen-bond acceptors (Lipinski definition) is 2. The molecule has 106 valence electrons. The smallest absolute Gasteiger partial charge is 0.337 e. The Morgan fingerprint density at radius 3 is 2.48 bits per heavy atom. The van der Waals surface area contributed by atoms with Gasteiger partial charge in [-0.2, -0.15) is 0 Å². The molecular weight excluding hydrogens is 276 g/mol. The fourth-order valence-electron chi connectivity index (χ4n) is 2.25. The van der Waals surface area contributed by atoms with Crippen LogP contribution in [0.15, 0.2) is 48.7 Å². The molecule has 0 aliphatic carbocycles. The summed E-state index contributed by atoms with van der Waals surface area (Å²) in [6.45, 7) is 0. The van der Waals surface area contributed by atoms with Crippen molar-refractivity contribution in [3.05, 3.63) is 65.9 Å². The van der Waals surface area contributed by atoms with Gasteiger partial charge in [-0.05, 0) is 42.5 Å². The predicted octanol–water partition coefficient (Wildman–Crippen LogP) is 3.70. The largest absolute Gasteiger partial charge is 0.465 e. The van der Waals surface area contributed by atoms with Crippen LogP contribution < -0.4 is 0 Å². The quantitative estimate of drug-likeness (QED) is 0.673. The van der Waals surface area contributed by atoms with Gasteiger partial charge in [-0.1, -0.05) is 0 Å². The molecule has 5 heteroatoms. The molecule has 0 N–H and O–H groups in total. The standard InChI is InChI=1S/C16H11F2NO2/c1-21-16(20)10-2-7-15-13(8-10)14(18)9-19(15)12-5-3-11(17)4-6-12/h2-9H,1H3. The SMILES string of the molecule is COC(=O)c1ccc2c(c1)c(F)cn2-c1ccc(F)cc1. The van der Waals surface area contributed by atoms with Gasteiger partial charge in [-0.15, -0.1) is 0 Å². The van der Waals surface area contributed by atoms with E-state index in [1.54, 1.807) is 28.8 Å². The Bertz CT molecular complexity index is 822. The molecule has 0 spiro atoms. The van der Waals surface area contributed by atoms with Crippen molar-refractivity contribution in [2.24, 2.45) is 0 Å². The first-order valence-electron chi connectivity index (χ1n) is 6.25. The van der Waals surface area contributed by atoms with Crippen LogP contribution in [0.3, 0.4) is 0 Å². The van der Waals surface area contributed by atoms with Crippen molar-refractivity contribution >= 4 is 16.9 Å². The summed E-state index contributed by atoms with van der Waals surface area (Å²) in [5, 5.41) is 0.308. The Hall–Kier alpha value is -2.69. The number of aromatic nitrogens is 1. The van der Waals surface area contributed by atoms with Crippen LogP contribution in [0.5, 0.6) is 0 Å². The highest BCUT2D eigenvalue weighted by Crippen LogP contribution is 2.25. The van der Waals surface area contributed by atoms with Crippen LogP contribution in [0.4, 0.5) is 8.78 Å². The van der Waals surface area contributed by atoms with Crippen molar-refractivity contribution < 1.29 is 18.3 Å². The molecule has 0 amide bonds. The van der Waals surface area contributed by atoms with Crippen molar-refractivity contribution in [3.63, 3.8) is 0 Å². The molecule has 0 saturated heterocycles. The van der Waals surface area contributed by atoms with E-state index < -0.39 is 11.8 Å². The predicted molar refractivity (Wildman–Crippen MR) is 74.5 cm³/mol. The van der Waals surface area contributed by atoms with E-state index >= 15 is 0 Å². The number of hydrogen-bond donors (Lipinski definition) is 0. The topological polar surface area (TPSA) is 31.2 Å². The highest BCUT2D eigenvalue weighted by atomic mass is 19.1. The minimum absolute atomic E-state index is 0.278. The van der Waals surface area contributed by atoms with Gasteiger partial charge in [0, 0.05) is 17.3 Å². The van der Waals surface area contributed by atoms with Gasteiger partial charge in [0.15, 0.2) is 0 Å². The zero-order chi connectivity index (χ0) is 15.0. The van der Waals surface area contributed by atoms with Gasteiger partial charge < -0.3 is 9.30 Å². The summed E-state index contributed by atoms with van der Waals surface area (Å²) in [6, 6.07) is 10.4. The molecule has 0 aliphatic heterocycles. The van der Waals surface area contributed by atoms with Crippen LogP contribution in [0.2, 0.25) is 0 Å². The number of fused-ring (bicyclic) bond motifs is 1. The van der Waals surface area contributed by atoms with Gasteiger partial charge in [0.2, 0.25) is 0 Å². The molecule has 3 rings (SSSR count). The lowest BCUT2D eigenvalue weighted by Crippen LogP contribution is -2.00. The number of nitrogens with zero attached hydrogens (tertiary/aromatic N) is 1. The van der Waals surface area contributed by atoms with E-state index in [0.717, 1.165) is 0 Å². The van der Waals surface area contributed by atoms with Crippen LogP contribution in [0, 0.1) is 11.6 Å². The van der Waals surface area contributed by atoms with E-state index in [9.17, 15) is 13.6 Å². The molecule has 0 aliphatic rings. The van der Waals surface area contributed by atoms with Crippen molar-refractivity contribution in [2.75, 3.05) is 7.11 Å². The molecule has 0 radical (unpaired) electrons. The summed E-state index contributed by atoms with van der Waals surface area (Å²) in [6.07, 6.45) is 1.30. The summed E-state index contributed by atoms with van der Waals surface area (Å²) in [7, 11) is 1.27. The summed E-state index contributed by atoms with van der Waals surface area (Å²) in [4.78, 5) is 11.5. The number of carbonyl (C=O) groups is 1. The molecular formula is C16H11F2NO2. The van der Waals surface area contributed by atoms with Crippen molar-refractivity contribution in [1.82, 2.24) is 4.57 Å². The Balaban J connectivity index is 2.17. The van der Waals surface area contributed by atoms with Gasteiger partial charge in [0.05, 0.1) is 18.2 Å². The van der Waals surface area contributed by atoms with E-state index in [-0.39, 0.29) is 11.4 Å². The van der Waals surface area contributed by atoms with E-state index in [2.05, 4.69) is 4.74 Å². The third-order valence-electron chi connectivity index (χ3n) is 3.28. The van der Waals surface area contributed by atoms with Crippen LogP contribution in [0.1, 0.15) is 10.4 Å². The maximum Gasteiger partial charge on any atom is 0.337 e. The lowest BCUT2D eigenvalue weighted by Gasteiger charge is -2.05. The molecule has 0 atom stereocenters. The third kappa shape index (κ3) is 2.27. The monoisotopic (exact) mass is 287 g/mol. The molecule has 0 bridgehead atoms. The van der Waals surface area contributed by atoms with E-state index in [1.165, 1.54) is 31.5 Å². The van der Waals surface area contributed by atoms with Crippen molar-refractivity contribution in [1.29, 1.82) is 0 Å². The molecule has 2 aromatic carbocycles. The number of esters is 1. The summed E-state index contributed by atoms with van der Waals surface area (Å²) in [5.41, 5.74) is 1.50. The maximum atomic E-state index is 14.1. The van der Waals surface area contributed by atoms with E-state index in [1.807, 2.05) is 0 Å². The van der Waals surface area contributed by atoms with Gasteiger partial charge in [-0.3, -0.25) is 0 Å². The summed E-state index contributed by atoms with van der Waals surface area (Å²) < 4.78 is 33.3. The molecule has 21 heavy (non-hydrogen) atoms. The zero-order valence-corrected chi connectivity index (χ0v) is 11.1. The minimum atomic E-state index is -0.522. The Kier molecular flexibility index (Phi) is 3.17. The number of rotatable bonds is 2. The van der Waals surface area contributed by atoms with E-state index in [4.69, 9.17) is 0 Å². The minimum Gasteiger partial charge on any atom is -0.465 e. The normalized spacial score (nSPS) is 10.8. The first-order chi connectivity index (χ1) is 10.1. The Labute approximate surface area is 119 Å². The van der Waals surface area contributed by atoms with Gasteiger partial charge in [0.1, 0.15) is 11.6 Å². The zero-order valence-electron chi connectivity index (χ0n) is 11.1. The molecule has 3 aromatic rings. The van der Waals surface area contributed by atoms with Crippen molar-refractivity contribution in [3.8, 4) is 5.69 Å². The molecule has 1 heterocycles. The first-order valence-corrected chi connectivity index (χ1v) is 6.25. The second-order valence-corrected chi connectivity index (χ2v) is 4.55. The Morgan fingerprint density at radius 2 is 1.81 bits per heavy atom. The summed E-state index contributed by atoms with van der Waals surface area (Å²) >= 11 is 0. The third-order valence-corrected chi connectivity index (χ3v) is 3.28. The van der Waals surface area contributed by atoms with Crippen LogP contribution in [-0.2, 0) is 4.74 Å². The van der Waals surface area contributed by atoms with Gasteiger partial charge in [-0.25, -0.2) is 13.6 Å². The number of methoxy groups -OCH3 is 1. The fraction of sp³-hybridized carbons (Fsp3) is 0.0625. The molecule has 0 fully saturated rings. The van der Waals surface area contributed by atoms with E-state index in [0.29, 0.717) is 16.6 Å². The first kappa shape index (κ1) is 13.3. The van der Waals surface area contributed by atoms with Crippen LogP contribution in [-0.4, -0.2) is 17.6 Å². The van der Waals surface area contributed by atoms with Gasteiger partial charge in [0.25, 0.3) is 0 Å². The van der Waals surface area contributed by atoms with Crippen LogP contribution in [0.25, 0.3) is 16.6 Å². The lowest BCUT2D eigenvalue weighted by molar-refractivity contribution is 0.0601. The van der Waals surface area contributed by atoms with Crippen LogP contribution >= 0.6 is 0 Å². The molecule has 0 unspecified atom stereocenters. The highest BCUT2D eigenvalue weighted by molar-refractivity contribution is 5.95. The fourth-order valence-corrected chi connectivity index (χ4v) is 2.25. The van der Waals surface area contributed by atoms with Gasteiger partial charge >= 0.3 is 5.97 Å². The number of carbonyl (C=O) groups excluding carboxylic acids is 1.